The Morgan fingerprint density at radius 1 is 1.17 bits per heavy atom. The van der Waals surface area contributed by atoms with Gasteiger partial charge in [0.1, 0.15) is 0 Å². The van der Waals surface area contributed by atoms with Crippen molar-refractivity contribution < 1.29 is 5.11 Å². The lowest BCUT2D eigenvalue weighted by molar-refractivity contribution is 0.132. The second kappa shape index (κ2) is 7.60. The summed E-state index contributed by atoms with van der Waals surface area (Å²) in [6.45, 7) is 6.59. The number of hydrogen-bond donors (Lipinski definition) is 1. The van der Waals surface area contributed by atoms with Gasteiger partial charge in [0.05, 0.1) is 6.10 Å². The van der Waals surface area contributed by atoms with Crippen LogP contribution in [0.15, 0.2) is 0 Å². The van der Waals surface area contributed by atoms with Gasteiger partial charge < -0.3 is 5.11 Å². The summed E-state index contributed by atoms with van der Waals surface area (Å²) in [5.74, 6) is 0.682. The van der Waals surface area contributed by atoms with Crippen LogP contribution in [0.4, 0.5) is 0 Å². The molecule has 0 saturated carbocycles. The molecular formula is C11H24O. The average Bonchev–Trinajstić information content (AvgIpc) is 2.05. The molecule has 1 N–H and O–H groups in total. The molecule has 12 heavy (non-hydrogen) atoms. The van der Waals surface area contributed by atoms with E-state index in [1.54, 1.807) is 0 Å². The van der Waals surface area contributed by atoms with Gasteiger partial charge >= 0.3 is 0 Å². The zero-order chi connectivity index (χ0) is 9.40. The van der Waals surface area contributed by atoms with Crippen molar-refractivity contribution in [3.05, 3.63) is 0 Å². The summed E-state index contributed by atoms with van der Waals surface area (Å²) < 4.78 is 0. The van der Waals surface area contributed by atoms with E-state index >= 15 is 0 Å². The second-order valence-electron chi connectivity index (χ2n) is 3.90. The highest BCUT2D eigenvalue weighted by atomic mass is 16.3. The molecule has 0 aliphatic rings. The zero-order valence-electron chi connectivity index (χ0n) is 8.84. The molecule has 0 spiro atoms. The highest BCUT2D eigenvalue weighted by molar-refractivity contribution is 4.60. The van der Waals surface area contributed by atoms with E-state index in [0.29, 0.717) is 5.92 Å². The van der Waals surface area contributed by atoms with Crippen LogP contribution in [-0.4, -0.2) is 11.2 Å². The maximum atomic E-state index is 9.58. The number of aliphatic hydroxyl groups is 1. The maximum absolute atomic E-state index is 9.58. The van der Waals surface area contributed by atoms with Crippen molar-refractivity contribution in [2.24, 2.45) is 5.92 Å². The third kappa shape index (κ3) is 6.66. The lowest BCUT2D eigenvalue weighted by Crippen LogP contribution is -2.10. The lowest BCUT2D eigenvalue weighted by Gasteiger charge is -2.14. The van der Waals surface area contributed by atoms with Crippen LogP contribution in [0.1, 0.15) is 59.3 Å². The molecule has 0 aromatic carbocycles. The van der Waals surface area contributed by atoms with Crippen LogP contribution in [0.25, 0.3) is 0 Å². The summed E-state index contributed by atoms with van der Waals surface area (Å²) in [6, 6.07) is 0. The molecule has 1 heteroatoms. The van der Waals surface area contributed by atoms with Crippen molar-refractivity contribution in [1.29, 1.82) is 0 Å². The largest absolute Gasteiger partial charge is 0.393 e. The SMILES string of the molecule is CCCCCC(O)CC(C)CC. The van der Waals surface area contributed by atoms with Gasteiger partial charge in [-0.1, -0.05) is 46.5 Å². The topological polar surface area (TPSA) is 20.2 Å². The molecule has 0 aromatic rings. The van der Waals surface area contributed by atoms with E-state index in [2.05, 4.69) is 20.8 Å². The van der Waals surface area contributed by atoms with Crippen molar-refractivity contribution in [3.8, 4) is 0 Å². The number of hydrogen-bond acceptors (Lipinski definition) is 1. The normalized spacial score (nSPS) is 16.0. The predicted molar refractivity (Wildman–Crippen MR) is 54.2 cm³/mol. The second-order valence-corrected chi connectivity index (χ2v) is 3.90. The van der Waals surface area contributed by atoms with E-state index in [1.165, 1.54) is 25.7 Å². The summed E-state index contributed by atoms with van der Waals surface area (Å²) in [5.41, 5.74) is 0. The maximum Gasteiger partial charge on any atom is 0.0542 e. The van der Waals surface area contributed by atoms with Gasteiger partial charge in [-0.25, -0.2) is 0 Å². The minimum Gasteiger partial charge on any atom is -0.393 e. The first-order valence-corrected chi connectivity index (χ1v) is 5.38. The monoisotopic (exact) mass is 172 g/mol. The van der Waals surface area contributed by atoms with E-state index in [1.807, 2.05) is 0 Å². The molecule has 0 radical (unpaired) electrons. The Morgan fingerprint density at radius 2 is 1.83 bits per heavy atom. The lowest BCUT2D eigenvalue weighted by atomic mass is 9.98. The van der Waals surface area contributed by atoms with E-state index in [-0.39, 0.29) is 6.10 Å². The van der Waals surface area contributed by atoms with Crippen molar-refractivity contribution in [2.45, 2.75) is 65.4 Å². The summed E-state index contributed by atoms with van der Waals surface area (Å²) >= 11 is 0. The van der Waals surface area contributed by atoms with E-state index in [4.69, 9.17) is 0 Å². The Hall–Kier alpha value is -0.0400. The molecule has 0 bridgehead atoms. The van der Waals surface area contributed by atoms with Crippen LogP contribution in [0.5, 0.6) is 0 Å². The van der Waals surface area contributed by atoms with E-state index < -0.39 is 0 Å². The number of aliphatic hydroxyl groups excluding tert-OH is 1. The van der Waals surface area contributed by atoms with E-state index in [0.717, 1.165) is 12.8 Å². The Bertz CT molecular complexity index is 91.0. The first kappa shape index (κ1) is 12.0. The fourth-order valence-electron chi connectivity index (χ4n) is 1.38. The molecule has 2 unspecified atom stereocenters. The van der Waals surface area contributed by atoms with Gasteiger partial charge in [0, 0.05) is 0 Å². The van der Waals surface area contributed by atoms with Crippen LogP contribution in [0, 0.1) is 5.92 Å². The molecule has 0 rings (SSSR count). The van der Waals surface area contributed by atoms with Crippen LogP contribution in [0.3, 0.4) is 0 Å². The van der Waals surface area contributed by atoms with Gasteiger partial charge in [-0.05, 0) is 18.8 Å². The standard InChI is InChI=1S/C11H24O/c1-4-6-7-8-11(12)9-10(3)5-2/h10-12H,4-9H2,1-3H3. The molecular weight excluding hydrogens is 148 g/mol. The van der Waals surface area contributed by atoms with Crippen molar-refractivity contribution >= 4 is 0 Å². The minimum absolute atomic E-state index is 0.0495. The molecule has 1 nitrogen and oxygen atoms in total. The van der Waals surface area contributed by atoms with Crippen LogP contribution < -0.4 is 0 Å². The first-order valence-electron chi connectivity index (χ1n) is 5.38. The summed E-state index contributed by atoms with van der Waals surface area (Å²) in [5, 5.41) is 9.58. The number of unbranched alkanes of at least 4 members (excludes halogenated alkanes) is 2. The Balaban J connectivity index is 3.26. The quantitative estimate of drug-likeness (QED) is 0.584. The molecule has 0 saturated heterocycles. The van der Waals surface area contributed by atoms with Gasteiger partial charge in [-0.3, -0.25) is 0 Å². The molecule has 0 amide bonds. The van der Waals surface area contributed by atoms with Crippen molar-refractivity contribution in [3.63, 3.8) is 0 Å². The molecule has 2 atom stereocenters. The zero-order valence-corrected chi connectivity index (χ0v) is 8.84. The van der Waals surface area contributed by atoms with Crippen molar-refractivity contribution in [1.82, 2.24) is 0 Å². The molecule has 0 fully saturated rings. The fraction of sp³-hybridized carbons (Fsp3) is 1.00. The van der Waals surface area contributed by atoms with Gasteiger partial charge in [-0.15, -0.1) is 0 Å². The molecule has 0 aliphatic carbocycles. The van der Waals surface area contributed by atoms with Gasteiger partial charge in [0.2, 0.25) is 0 Å². The highest BCUT2D eigenvalue weighted by Crippen LogP contribution is 2.14. The smallest absolute Gasteiger partial charge is 0.0542 e. The predicted octanol–water partition coefficient (Wildman–Crippen LogP) is 3.36. The number of rotatable bonds is 7. The average molecular weight is 172 g/mol. The summed E-state index contributed by atoms with van der Waals surface area (Å²) in [6.07, 6.45) is 6.82. The van der Waals surface area contributed by atoms with Gasteiger partial charge in [0.25, 0.3) is 0 Å². The first-order chi connectivity index (χ1) is 5.70. The third-order valence-corrected chi connectivity index (χ3v) is 2.51. The molecule has 0 aromatic heterocycles. The minimum atomic E-state index is -0.0495. The molecule has 74 valence electrons. The Labute approximate surface area is 77.2 Å². The Morgan fingerprint density at radius 3 is 2.33 bits per heavy atom. The fourth-order valence-corrected chi connectivity index (χ4v) is 1.38. The van der Waals surface area contributed by atoms with Gasteiger partial charge in [-0.2, -0.15) is 0 Å². The molecule has 0 aliphatic heterocycles. The Kier molecular flexibility index (Phi) is 7.58. The third-order valence-electron chi connectivity index (χ3n) is 2.51. The summed E-state index contributed by atoms with van der Waals surface area (Å²) in [4.78, 5) is 0. The van der Waals surface area contributed by atoms with Crippen molar-refractivity contribution in [2.75, 3.05) is 0 Å². The van der Waals surface area contributed by atoms with Crippen LogP contribution in [-0.2, 0) is 0 Å². The van der Waals surface area contributed by atoms with Crippen LogP contribution >= 0.6 is 0 Å². The molecule has 0 heterocycles. The highest BCUT2D eigenvalue weighted by Gasteiger charge is 2.07. The summed E-state index contributed by atoms with van der Waals surface area (Å²) in [7, 11) is 0. The van der Waals surface area contributed by atoms with Gasteiger partial charge in [0.15, 0.2) is 0 Å². The van der Waals surface area contributed by atoms with Crippen LogP contribution in [0.2, 0.25) is 0 Å². The van der Waals surface area contributed by atoms with E-state index in [9.17, 15) is 5.11 Å².